The molecule has 0 aromatic carbocycles. The van der Waals surface area contributed by atoms with Gasteiger partial charge in [-0.1, -0.05) is 5.92 Å². The molecule has 5 nitrogen and oxygen atoms in total. The molecule has 0 saturated carbocycles. The van der Waals surface area contributed by atoms with E-state index in [1.807, 2.05) is 6.92 Å². The minimum atomic E-state index is -0.684. The first-order valence-corrected chi connectivity index (χ1v) is 6.32. The maximum absolute atomic E-state index is 12.1. The summed E-state index contributed by atoms with van der Waals surface area (Å²) in [5, 5.41) is 0. The second-order valence-corrected chi connectivity index (χ2v) is 5.54. The van der Waals surface area contributed by atoms with E-state index in [1.165, 1.54) is 4.90 Å². The van der Waals surface area contributed by atoms with Gasteiger partial charge in [-0.3, -0.25) is 4.79 Å². The summed E-state index contributed by atoms with van der Waals surface area (Å²) < 4.78 is 10.7. The summed E-state index contributed by atoms with van der Waals surface area (Å²) in [5.41, 5.74) is -0.558. The molecule has 106 valence electrons. The zero-order valence-electron chi connectivity index (χ0n) is 12.1. The number of ketones is 1. The molecule has 0 spiro atoms. The second kappa shape index (κ2) is 6.07. The van der Waals surface area contributed by atoms with E-state index in [1.54, 1.807) is 27.7 Å². The lowest BCUT2D eigenvalue weighted by molar-refractivity contribution is -0.132. The zero-order valence-corrected chi connectivity index (χ0v) is 12.1. The van der Waals surface area contributed by atoms with Crippen LogP contribution in [0.4, 0.5) is 4.79 Å². The van der Waals surface area contributed by atoms with Crippen LogP contribution >= 0.6 is 0 Å². The molecule has 0 aromatic heterocycles. The fourth-order valence-corrected chi connectivity index (χ4v) is 1.69. The summed E-state index contributed by atoms with van der Waals surface area (Å²) in [6.45, 7) is 9.36. The van der Waals surface area contributed by atoms with Gasteiger partial charge in [-0.15, -0.1) is 0 Å². The lowest BCUT2D eigenvalue weighted by Gasteiger charge is -2.37. The highest BCUT2D eigenvalue weighted by Gasteiger charge is 2.35. The van der Waals surface area contributed by atoms with Crippen LogP contribution in [-0.2, 0) is 14.3 Å². The first kappa shape index (κ1) is 15.5. The summed E-state index contributed by atoms with van der Waals surface area (Å²) in [7, 11) is 0. The summed E-state index contributed by atoms with van der Waals surface area (Å²) in [6, 6.07) is -0.117. The Labute approximate surface area is 114 Å². The molecule has 1 fully saturated rings. The van der Waals surface area contributed by atoms with Gasteiger partial charge in [-0.2, -0.15) is 0 Å². The predicted molar refractivity (Wildman–Crippen MR) is 70.6 cm³/mol. The minimum Gasteiger partial charge on any atom is -0.444 e. The molecule has 0 aromatic rings. The van der Waals surface area contributed by atoms with Crippen LogP contribution in [0.5, 0.6) is 0 Å². The average molecular weight is 267 g/mol. The molecular formula is C14H21NO4. The van der Waals surface area contributed by atoms with Crippen molar-refractivity contribution in [3.8, 4) is 11.8 Å². The molecule has 1 unspecified atom stereocenters. The Morgan fingerprint density at radius 3 is 2.53 bits per heavy atom. The van der Waals surface area contributed by atoms with Crippen LogP contribution < -0.4 is 0 Å². The topological polar surface area (TPSA) is 55.8 Å². The summed E-state index contributed by atoms with van der Waals surface area (Å²) in [5.74, 6) is 4.69. The Morgan fingerprint density at radius 1 is 1.37 bits per heavy atom. The molecular weight excluding hydrogens is 246 g/mol. The fraction of sp³-hybridized carbons (Fsp3) is 0.714. The number of carbonyl (C=O) groups is 2. The van der Waals surface area contributed by atoms with Crippen molar-refractivity contribution in [2.45, 2.75) is 52.4 Å². The van der Waals surface area contributed by atoms with Crippen molar-refractivity contribution in [1.29, 1.82) is 0 Å². The molecule has 1 saturated heterocycles. The number of hydrogen-bond donors (Lipinski definition) is 0. The largest absolute Gasteiger partial charge is 0.444 e. The van der Waals surface area contributed by atoms with E-state index in [4.69, 9.17) is 9.47 Å². The van der Waals surface area contributed by atoms with Gasteiger partial charge in [-0.25, -0.2) is 4.79 Å². The third kappa shape index (κ3) is 4.56. The summed E-state index contributed by atoms with van der Waals surface area (Å²) in [4.78, 5) is 25.3. The number of carbonyl (C=O) groups excluding carboxylic acids is 2. The monoisotopic (exact) mass is 267 g/mol. The highest BCUT2D eigenvalue weighted by molar-refractivity contribution is 5.99. The third-order valence-corrected chi connectivity index (χ3v) is 2.60. The molecule has 1 rings (SSSR count). The Bertz CT molecular complexity index is 413. The van der Waals surface area contributed by atoms with Crippen LogP contribution in [0.2, 0.25) is 0 Å². The maximum Gasteiger partial charge on any atom is 0.410 e. The summed E-state index contributed by atoms with van der Waals surface area (Å²) in [6.07, 6.45) is -1.11. The van der Waals surface area contributed by atoms with Crippen molar-refractivity contribution in [3.63, 3.8) is 0 Å². The average Bonchev–Trinajstić information content (AvgIpc) is 2.27. The van der Waals surface area contributed by atoms with Gasteiger partial charge in [0.25, 0.3) is 0 Å². The highest BCUT2D eigenvalue weighted by atomic mass is 16.6. The van der Waals surface area contributed by atoms with Crippen molar-refractivity contribution in [3.05, 3.63) is 0 Å². The SMILES string of the molecule is CC#CC(=O)C1CN(C(=O)OC(C)(C)C)[C@H](C)CO1. The van der Waals surface area contributed by atoms with Gasteiger partial charge in [-0.05, 0) is 40.5 Å². The van der Waals surface area contributed by atoms with E-state index < -0.39 is 17.8 Å². The van der Waals surface area contributed by atoms with E-state index in [-0.39, 0.29) is 18.4 Å². The number of rotatable bonds is 1. The predicted octanol–water partition coefficient (Wildman–Crippen LogP) is 1.60. The summed E-state index contributed by atoms with van der Waals surface area (Å²) >= 11 is 0. The normalized spacial score (nSPS) is 23.3. The van der Waals surface area contributed by atoms with E-state index in [0.717, 1.165) is 0 Å². The minimum absolute atomic E-state index is 0.117. The van der Waals surface area contributed by atoms with Crippen molar-refractivity contribution in [1.82, 2.24) is 4.90 Å². The Hall–Kier alpha value is -1.54. The van der Waals surface area contributed by atoms with Crippen LogP contribution in [0, 0.1) is 11.8 Å². The molecule has 0 bridgehead atoms. The van der Waals surface area contributed by atoms with Crippen LogP contribution in [0.25, 0.3) is 0 Å². The number of morpholine rings is 1. The lowest BCUT2D eigenvalue weighted by atomic mass is 10.1. The van der Waals surface area contributed by atoms with E-state index in [2.05, 4.69) is 11.8 Å². The molecule has 2 atom stereocenters. The fourth-order valence-electron chi connectivity index (χ4n) is 1.69. The molecule has 1 aliphatic heterocycles. The molecule has 1 aliphatic rings. The van der Waals surface area contributed by atoms with Crippen LogP contribution in [0.15, 0.2) is 0 Å². The van der Waals surface area contributed by atoms with Gasteiger partial charge in [0.15, 0.2) is 0 Å². The smallest absolute Gasteiger partial charge is 0.410 e. The van der Waals surface area contributed by atoms with Gasteiger partial charge in [0.05, 0.1) is 19.2 Å². The quantitative estimate of drug-likeness (QED) is 0.535. The third-order valence-electron chi connectivity index (χ3n) is 2.60. The standard InChI is InChI=1S/C14H21NO4/c1-6-7-11(16)12-8-15(10(2)9-18-12)13(17)19-14(3,4)5/h10,12H,8-9H2,1-5H3/t10-,12?/m1/s1. The second-order valence-electron chi connectivity index (χ2n) is 5.54. The van der Waals surface area contributed by atoms with Crippen LogP contribution in [0.1, 0.15) is 34.6 Å². The number of amides is 1. The number of Topliss-reactive ketones (excluding diaryl/α,β-unsaturated/α-hetero) is 1. The molecule has 1 heterocycles. The van der Waals surface area contributed by atoms with E-state index in [9.17, 15) is 9.59 Å². The lowest BCUT2D eigenvalue weighted by Crippen LogP contribution is -2.54. The van der Waals surface area contributed by atoms with Gasteiger partial charge < -0.3 is 14.4 Å². The van der Waals surface area contributed by atoms with Crippen LogP contribution in [0.3, 0.4) is 0 Å². The number of hydrogen-bond acceptors (Lipinski definition) is 4. The van der Waals surface area contributed by atoms with Gasteiger partial charge >= 0.3 is 6.09 Å². The van der Waals surface area contributed by atoms with Crippen molar-refractivity contribution in [2.75, 3.05) is 13.2 Å². The van der Waals surface area contributed by atoms with Crippen molar-refractivity contribution >= 4 is 11.9 Å². The molecule has 0 aliphatic carbocycles. The van der Waals surface area contributed by atoms with Crippen LogP contribution in [-0.4, -0.2) is 47.7 Å². The first-order chi connectivity index (χ1) is 8.74. The zero-order chi connectivity index (χ0) is 14.6. The molecule has 19 heavy (non-hydrogen) atoms. The van der Waals surface area contributed by atoms with E-state index >= 15 is 0 Å². The maximum atomic E-state index is 12.1. The number of nitrogens with zero attached hydrogens (tertiary/aromatic N) is 1. The van der Waals surface area contributed by atoms with E-state index in [0.29, 0.717) is 6.61 Å². The van der Waals surface area contributed by atoms with Gasteiger partial charge in [0, 0.05) is 0 Å². The molecule has 0 N–H and O–H groups in total. The van der Waals surface area contributed by atoms with Gasteiger partial charge in [0.1, 0.15) is 11.7 Å². The Balaban J connectivity index is 2.73. The first-order valence-electron chi connectivity index (χ1n) is 6.32. The van der Waals surface area contributed by atoms with Gasteiger partial charge in [0.2, 0.25) is 5.78 Å². The van der Waals surface area contributed by atoms with Crippen molar-refractivity contribution < 1.29 is 19.1 Å². The highest BCUT2D eigenvalue weighted by Crippen LogP contribution is 2.17. The number of ether oxygens (including phenoxy) is 2. The molecule has 1 amide bonds. The molecule has 0 radical (unpaired) electrons. The Kier molecular flexibility index (Phi) is 4.96. The Morgan fingerprint density at radius 2 is 2.00 bits per heavy atom. The molecule has 5 heteroatoms. The van der Waals surface area contributed by atoms with Crippen molar-refractivity contribution in [2.24, 2.45) is 0 Å².